The second kappa shape index (κ2) is 6.09. The number of hydrogen-bond donors (Lipinski definition) is 1. The molecule has 0 aliphatic heterocycles. The van der Waals surface area contributed by atoms with Gasteiger partial charge in [0.2, 0.25) is 0 Å². The van der Waals surface area contributed by atoms with Crippen LogP contribution >= 0.6 is 11.8 Å². The van der Waals surface area contributed by atoms with Crippen molar-refractivity contribution in [2.24, 2.45) is 0 Å². The Labute approximate surface area is 144 Å². The molecule has 1 aliphatic carbocycles. The normalized spacial score (nSPS) is 15.8. The highest BCUT2D eigenvalue weighted by atomic mass is 32.2. The van der Waals surface area contributed by atoms with Gasteiger partial charge in [-0.15, -0.1) is 10.2 Å². The molecule has 0 amide bonds. The van der Waals surface area contributed by atoms with E-state index in [1.807, 2.05) is 37.4 Å². The average molecular weight is 340 g/mol. The lowest BCUT2D eigenvalue weighted by molar-refractivity contribution is 0.0995. The molecule has 1 atom stereocenters. The summed E-state index contributed by atoms with van der Waals surface area (Å²) in [5.74, 6) is 1.76. The Morgan fingerprint density at radius 2 is 2.17 bits per heavy atom. The average Bonchev–Trinajstić information content (AvgIpc) is 3.23. The molecule has 5 nitrogen and oxygen atoms in total. The third kappa shape index (κ3) is 2.65. The second-order valence-electron chi connectivity index (χ2n) is 6.23. The maximum Gasteiger partial charge on any atom is 0.191 e. The minimum absolute atomic E-state index is 0.121. The summed E-state index contributed by atoms with van der Waals surface area (Å²) in [6, 6.07) is 7.89. The number of carbonyl (C=O) groups is 1. The van der Waals surface area contributed by atoms with E-state index in [-0.39, 0.29) is 11.0 Å². The predicted molar refractivity (Wildman–Crippen MR) is 95.6 cm³/mol. The summed E-state index contributed by atoms with van der Waals surface area (Å²) in [4.78, 5) is 16.1. The van der Waals surface area contributed by atoms with Gasteiger partial charge in [-0.1, -0.05) is 30.0 Å². The fourth-order valence-corrected chi connectivity index (χ4v) is 4.02. The van der Waals surface area contributed by atoms with E-state index in [4.69, 9.17) is 0 Å². The number of rotatable bonds is 6. The van der Waals surface area contributed by atoms with Crippen LogP contribution in [0.1, 0.15) is 48.8 Å². The van der Waals surface area contributed by atoms with Crippen LogP contribution in [-0.4, -0.2) is 30.8 Å². The lowest BCUT2D eigenvalue weighted by atomic mass is 10.1. The molecule has 1 saturated carbocycles. The van der Waals surface area contributed by atoms with Crippen molar-refractivity contribution in [3.05, 3.63) is 41.9 Å². The molecule has 1 aliphatic rings. The Bertz CT molecular complexity index is 893. The van der Waals surface area contributed by atoms with Gasteiger partial charge in [0.15, 0.2) is 10.9 Å². The van der Waals surface area contributed by atoms with Gasteiger partial charge in [0.25, 0.3) is 0 Å². The largest absolute Gasteiger partial charge is 0.360 e. The van der Waals surface area contributed by atoms with E-state index in [2.05, 4.69) is 26.7 Å². The van der Waals surface area contributed by atoms with Crippen molar-refractivity contribution >= 4 is 28.4 Å². The molecule has 0 bridgehead atoms. The summed E-state index contributed by atoms with van der Waals surface area (Å²) in [7, 11) is 0. The minimum Gasteiger partial charge on any atom is -0.360 e. The van der Waals surface area contributed by atoms with E-state index in [0.717, 1.165) is 34.0 Å². The zero-order valence-electron chi connectivity index (χ0n) is 13.8. The Kier molecular flexibility index (Phi) is 3.92. The van der Waals surface area contributed by atoms with Crippen LogP contribution in [0.15, 0.2) is 35.6 Å². The van der Waals surface area contributed by atoms with Crippen LogP contribution in [0, 0.1) is 0 Å². The maximum absolute atomic E-state index is 12.9. The highest BCUT2D eigenvalue weighted by molar-refractivity contribution is 8.00. The van der Waals surface area contributed by atoms with Gasteiger partial charge in [0, 0.05) is 35.1 Å². The van der Waals surface area contributed by atoms with Gasteiger partial charge in [-0.2, -0.15) is 0 Å². The van der Waals surface area contributed by atoms with Gasteiger partial charge < -0.3 is 9.55 Å². The number of ketones is 1. The van der Waals surface area contributed by atoms with Crippen molar-refractivity contribution in [3.63, 3.8) is 0 Å². The lowest BCUT2D eigenvalue weighted by Crippen LogP contribution is -2.14. The first-order valence-electron chi connectivity index (χ1n) is 8.39. The number of aromatic amines is 1. The molecule has 1 unspecified atom stereocenters. The molecular formula is C18H20N4OS. The van der Waals surface area contributed by atoms with Gasteiger partial charge in [-0.25, -0.2) is 0 Å². The molecule has 3 aromatic rings. The first-order valence-corrected chi connectivity index (χ1v) is 9.27. The lowest BCUT2D eigenvalue weighted by Gasteiger charge is -2.11. The summed E-state index contributed by atoms with van der Waals surface area (Å²) in [5.41, 5.74) is 1.74. The van der Waals surface area contributed by atoms with Gasteiger partial charge in [0.1, 0.15) is 5.82 Å². The van der Waals surface area contributed by atoms with Crippen molar-refractivity contribution in [3.8, 4) is 0 Å². The summed E-state index contributed by atoms with van der Waals surface area (Å²) in [6.45, 7) is 4.89. The fourth-order valence-electron chi connectivity index (χ4n) is 3.03. The van der Waals surface area contributed by atoms with Crippen molar-refractivity contribution in [2.45, 2.75) is 49.6 Å². The molecule has 1 aromatic carbocycles. The van der Waals surface area contributed by atoms with Crippen molar-refractivity contribution < 1.29 is 4.79 Å². The molecule has 1 fully saturated rings. The zero-order chi connectivity index (χ0) is 16.7. The Hall–Kier alpha value is -2.08. The molecule has 124 valence electrons. The number of carbonyl (C=O) groups excluding carboxylic acids is 1. The molecule has 2 aromatic heterocycles. The van der Waals surface area contributed by atoms with E-state index < -0.39 is 0 Å². The fraction of sp³-hybridized carbons (Fsp3) is 0.389. The number of nitrogens with one attached hydrogen (secondary N) is 1. The molecule has 0 saturated heterocycles. The molecule has 0 spiro atoms. The van der Waals surface area contributed by atoms with Gasteiger partial charge in [-0.05, 0) is 32.8 Å². The van der Waals surface area contributed by atoms with Crippen molar-refractivity contribution in [1.82, 2.24) is 19.7 Å². The van der Waals surface area contributed by atoms with Gasteiger partial charge in [0.05, 0.1) is 5.25 Å². The molecule has 2 heterocycles. The Morgan fingerprint density at radius 3 is 2.92 bits per heavy atom. The summed E-state index contributed by atoms with van der Waals surface area (Å²) >= 11 is 1.50. The SMILES string of the molecule is CCn1c(SC(C)C(=O)c2c[nH]c3ccccc23)nnc1C1CC1. The van der Waals surface area contributed by atoms with E-state index in [9.17, 15) is 4.79 Å². The van der Waals surface area contributed by atoms with E-state index >= 15 is 0 Å². The van der Waals surface area contributed by atoms with Crippen LogP contribution in [-0.2, 0) is 6.54 Å². The predicted octanol–water partition coefficient (Wildman–Crippen LogP) is 4.02. The maximum atomic E-state index is 12.9. The number of hydrogen-bond acceptors (Lipinski definition) is 4. The standard InChI is InChI=1S/C18H20N4OS/c1-3-22-17(12-8-9-12)20-21-18(22)24-11(2)16(23)14-10-19-15-7-5-4-6-13(14)15/h4-7,10-12,19H,3,8-9H2,1-2H3. The number of nitrogens with zero attached hydrogens (tertiary/aromatic N) is 3. The summed E-state index contributed by atoms with van der Waals surface area (Å²) in [6.07, 6.45) is 4.21. The Balaban J connectivity index is 1.58. The molecule has 24 heavy (non-hydrogen) atoms. The minimum atomic E-state index is -0.203. The number of H-pyrrole nitrogens is 1. The van der Waals surface area contributed by atoms with Crippen molar-refractivity contribution in [2.75, 3.05) is 0 Å². The topological polar surface area (TPSA) is 63.6 Å². The van der Waals surface area contributed by atoms with E-state index in [0.29, 0.717) is 5.92 Å². The van der Waals surface area contributed by atoms with E-state index in [1.54, 1.807) is 0 Å². The van der Waals surface area contributed by atoms with Gasteiger partial charge in [-0.3, -0.25) is 4.79 Å². The van der Waals surface area contributed by atoms with Crippen LogP contribution < -0.4 is 0 Å². The van der Waals surface area contributed by atoms with Crippen LogP contribution in [0.25, 0.3) is 10.9 Å². The second-order valence-corrected chi connectivity index (χ2v) is 7.54. The van der Waals surface area contributed by atoms with Crippen LogP contribution in [0.3, 0.4) is 0 Å². The zero-order valence-corrected chi connectivity index (χ0v) is 14.6. The monoisotopic (exact) mass is 340 g/mol. The molecule has 6 heteroatoms. The molecule has 1 N–H and O–H groups in total. The highest BCUT2D eigenvalue weighted by Crippen LogP contribution is 2.40. The number of fused-ring (bicyclic) bond motifs is 1. The summed E-state index contributed by atoms with van der Waals surface area (Å²) < 4.78 is 2.15. The third-order valence-corrected chi connectivity index (χ3v) is 5.59. The van der Waals surface area contributed by atoms with Crippen LogP contribution in [0.5, 0.6) is 0 Å². The first-order chi connectivity index (χ1) is 11.7. The summed E-state index contributed by atoms with van der Waals surface area (Å²) in [5, 5.41) is 10.3. The van der Waals surface area contributed by atoms with Crippen LogP contribution in [0.4, 0.5) is 0 Å². The molecular weight excluding hydrogens is 320 g/mol. The number of benzene rings is 1. The number of aromatic nitrogens is 4. The van der Waals surface area contributed by atoms with E-state index in [1.165, 1.54) is 24.6 Å². The van der Waals surface area contributed by atoms with Crippen LogP contribution in [0.2, 0.25) is 0 Å². The van der Waals surface area contributed by atoms with Crippen molar-refractivity contribution in [1.29, 1.82) is 0 Å². The third-order valence-electron chi connectivity index (χ3n) is 4.51. The first kappa shape index (κ1) is 15.4. The highest BCUT2D eigenvalue weighted by Gasteiger charge is 2.31. The van der Waals surface area contributed by atoms with Gasteiger partial charge >= 0.3 is 0 Å². The number of Topliss-reactive ketones (excluding diaryl/α,β-unsaturated/α-hetero) is 1. The molecule has 4 rings (SSSR count). The quantitative estimate of drug-likeness (QED) is 0.544. The molecule has 0 radical (unpaired) electrons. The number of para-hydroxylation sites is 1. The smallest absolute Gasteiger partial charge is 0.191 e. The Morgan fingerprint density at radius 1 is 1.38 bits per heavy atom. The number of thioether (sulfide) groups is 1.